The highest BCUT2D eigenvalue weighted by Crippen LogP contribution is 2.61. The van der Waals surface area contributed by atoms with Gasteiger partial charge in [0.1, 0.15) is 5.75 Å². The van der Waals surface area contributed by atoms with Crippen molar-refractivity contribution >= 4 is 48.0 Å². The van der Waals surface area contributed by atoms with Crippen molar-refractivity contribution in [1.82, 2.24) is 10.2 Å². The molecular weight excluding hydrogens is 697 g/mol. The number of piperazine rings is 1. The van der Waals surface area contributed by atoms with E-state index in [2.05, 4.69) is 43.5 Å². The van der Waals surface area contributed by atoms with Gasteiger partial charge in [-0.05, 0) is 65.6 Å². The molecule has 0 aromatic heterocycles. The molecule has 0 radical (unpaired) electrons. The molecule has 8 rings (SSSR count). The summed E-state index contributed by atoms with van der Waals surface area (Å²) < 4.78 is 12.8. The first kappa shape index (κ1) is 36.2. The van der Waals surface area contributed by atoms with Crippen LogP contribution in [0, 0.1) is 5.92 Å². The number of carbonyl (C=O) groups excluding carboxylic acids is 3. The topological polar surface area (TPSA) is 112 Å². The molecule has 10 nitrogen and oxygen atoms in total. The Hall–Kier alpha value is -4.81. The molecule has 54 heavy (non-hydrogen) atoms. The minimum Gasteiger partial charge on any atom is -0.497 e. The Labute approximate surface area is 317 Å². The zero-order valence-corrected chi connectivity index (χ0v) is 32.3. The van der Waals surface area contributed by atoms with Crippen LogP contribution < -0.4 is 25.0 Å². The van der Waals surface area contributed by atoms with Gasteiger partial charge in [0.2, 0.25) is 11.8 Å². The predicted octanol–water partition coefficient (Wildman–Crippen LogP) is 4.86. The van der Waals surface area contributed by atoms with Crippen LogP contribution in [0.2, 0.25) is 18.6 Å². The minimum absolute atomic E-state index is 0.0317. The van der Waals surface area contributed by atoms with Crippen LogP contribution in [-0.2, 0) is 37.7 Å². The molecule has 5 atom stereocenters. The number of anilines is 3. The van der Waals surface area contributed by atoms with Crippen molar-refractivity contribution in [3.63, 3.8) is 0 Å². The van der Waals surface area contributed by atoms with Gasteiger partial charge in [0.15, 0.2) is 5.60 Å². The average Bonchev–Trinajstić information content (AvgIpc) is 3.63. The first-order valence-electron chi connectivity index (χ1n) is 18.9. The lowest BCUT2D eigenvalue weighted by Gasteiger charge is -2.39. The summed E-state index contributed by atoms with van der Waals surface area (Å²) in [5.74, 6) is 0.0866. The Morgan fingerprint density at radius 3 is 2.39 bits per heavy atom. The van der Waals surface area contributed by atoms with Crippen molar-refractivity contribution in [3.8, 4) is 5.75 Å². The fourth-order valence-electron chi connectivity index (χ4n) is 9.64. The number of amides is 3. The van der Waals surface area contributed by atoms with Gasteiger partial charge in [0.05, 0.1) is 52.6 Å². The Bertz CT molecular complexity index is 2080. The van der Waals surface area contributed by atoms with Crippen molar-refractivity contribution in [2.75, 3.05) is 43.2 Å². The van der Waals surface area contributed by atoms with Gasteiger partial charge in [-0.1, -0.05) is 79.8 Å². The van der Waals surface area contributed by atoms with Crippen LogP contribution in [0.5, 0.6) is 5.75 Å². The highest BCUT2D eigenvalue weighted by atomic mass is 28.3. The minimum atomic E-state index is -2.55. The van der Waals surface area contributed by atoms with Gasteiger partial charge >= 0.3 is 0 Å². The Morgan fingerprint density at radius 2 is 1.69 bits per heavy atom. The lowest BCUT2D eigenvalue weighted by Crippen LogP contribution is -2.52. The van der Waals surface area contributed by atoms with Gasteiger partial charge in [0, 0.05) is 42.5 Å². The number of para-hydroxylation sites is 1. The lowest BCUT2D eigenvalue weighted by atomic mass is 9.82. The van der Waals surface area contributed by atoms with Crippen molar-refractivity contribution in [3.05, 3.63) is 114 Å². The molecule has 0 unspecified atom stereocenters. The van der Waals surface area contributed by atoms with Crippen molar-refractivity contribution < 1.29 is 29.0 Å². The summed E-state index contributed by atoms with van der Waals surface area (Å²) in [5, 5.41) is 14.8. The number of aliphatic hydroxyl groups is 1. The van der Waals surface area contributed by atoms with Crippen LogP contribution >= 0.6 is 0 Å². The summed E-state index contributed by atoms with van der Waals surface area (Å²) in [5.41, 5.74) is 3.50. The van der Waals surface area contributed by atoms with Crippen molar-refractivity contribution in [2.24, 2.45) is 5.92 Å². The van der Waals surface area contributed by atoms with Crippen molar-refractivity contribution in [1.29, 1.82) is 0 Å². The summed E-state index contributed by atoms with van der Waals surface area (Å²) in [7, 11) is -0.903. The van der Waals surface area contributed by atoms with E-state index in [-0.39, 0.29) is 54.8 Å². The standard InChI is InChI=1S/C43H48N4O6Si/c1-28-41(54(3,4)35-17-15-34(52-2)16-18-35)38(24-39(49)46-26-30-11-9-8-10-29(30)22-33(46)27-48)53-43(28)36-23-32(45-21-20-44-25-40(45)50)14-19-37(36)47(42(43)51)31-12-6-5-7-13-31/h5-19,23,28,33,38,41,44,48H,20-22,24-27H2,1-4H3/t28-,33-,38+,41-,43+/m0/s1. The lowest BCUT2D eigenvalue weighted by molar-refractivity contribution is -0.150. The molecule has 11 heteroatoms. The van der Waals surface area contributed by atoms with Gasteiger partial charge in [-0.2, -0.15) is 0 Å². The Kier molecular flexibility index (Phi) is 9.46. The van der Waals surface area contributed by atoms with Gasteiger partial charge in [-0.25, -0.2) is 0 Å². The van der Waals surface area contributed by atoms with E-state index < -0.39 is 19.8 Å². The summed E-state index contributed by atoms with van der Waals surface area (Å²) in [4.78, 5) is 48.5. The van der Waals surface area contributed by atoms with E-state index in [0.717, 1.165) is 28.3 Å². The largest absolute Gasteiger partial charge is 0.497 e. The second kappa shape index (κ2) is 14.1. The smallest absolute Gasteiger partial charge is 0.268 e. The van der Waals surface area contributed by atoms with E-state index >= 15 is 4.79 Å². The molecule has 4 aliphatic heterocycles. The second-order valence-electron chi connectivity index (χ2n) is 15.6. The van der Waals surface area contributed by atoms with Crippen molar-refractivity contribution in [2.45, 2.75) is 62.7 Å². The molecule has 0 aliphatic carbocycles. The summed E-state index contributed by atoms with van der Waals surface area (Å²) in [6.45, 7) is 8.40. The fraction of sp³-hybridized carbons (Fsp3) is 0.372. The first-order chi connectivity index (χ1) is 26.1. The van der Waals surface area contributed by atoms with E-state index in [9.17, 15) is 14.7 Å². The molecule has 2 saturated heterocycles. The number of methoxy groups -OCH3 is 1. The maximum atomic E-state index is 15.4. The number of hydrogen-bond acceptors (Lipinski definition) is 7. The van der Waals surface area contributed by atoms with Gasteiger partial charge in [-0.15, -0.1) is 0 Å². The molecule has 3 amide bonds. The SMILES string of the molecule is COc1ccc([Si](C)(C)[C@@H]2[C@@H](CC(=O)N3Cc4ccccc4C[C@H]3CO)O[C@]3(C(=O)N(c4ccccc4)c4ccc(N5CCNCC5=O)cc43)[C@H]2C)cc1. The van der Waals surface area contributed by atoms with E-state index in [1.165, 1.54) is 5.19 Å². The maximum Gasteiger partial charge on any atom is 0.268 e. The van der Waals surface area contributed by atoms with Crippen LogP contribution in [0.4, 0.5) is 17.1 Å². The maximum absolute atomic E-state index is 15.4. The van der Waals surface area contributed by atoms with Crippen LogP contribution in [0.25, 0.3) is 0 Å². The van der Waals surface area contributed by atoms with Crippen LogP contribution in [-0.4, -0.2) is 81.3 Å². The molecule has 2 fully saturated rings. The summed E-state index contributed by atoms with van der Waals surface area (Å²) in [6, 6.07) is 31.3. The van der Waals surface area contributed by atoms with Crippen LogP contribution in [0.1, 0.15) is 30.0 Å². The van der Waals surface area contributed by atoms with Gasteiger partial charge in [-0.3, -0.25) is 19.3 Å². The van der Waals surface area contributed by atoms with E-state index in [1.54, 1.807) is 21.8 Å². The molecule has 280 valence electrons. The average molecular weight is 745 g/mol. The number of ether oxygens (including phenoxy) is 2. The van der Waals surface area contributed by atoms with E-state index in [4.69, 9.17) is 9.47 Å². The molecule has 0 bridgehead atoms. The quantitative estimate of drug-likeness (QED) is 0.248. The Morgan fingerprint density at radius 1 is 0.963 bits per heavy atom. The monoisotopic (exact) mass is 744 g/mol. The van der Waals surface area contributed by atoms with Gasteiger partial charge in [0.25, 0.3) is 5.91 Å². The number of carbonyl (C=O) groups is 3. The number of fused-ring (bicyclic) bond motifs is 3. The third-order valence-electron chi connectivity index (χ3n) is 12.4. The predicted molar refractivity (Wildman–Crippen MR) is 211 cm³/mol. The third-order valence-corrected chi connectivity index (χ3v) is 16.8. The molecule has 0 saturated carbocycles. The highest BCUT2D eigenvalue weighted by Gasteiger charge is 2.67. The molecule has 4 heterocycles. The second-order valence-corrected chi connectivity index (χ2v) is 20.3. The number of hydrogen-bond donors (Lipinski definition) is 2. The molecule has 1 spiro atoms. The van der Waals surface area contributed by atoms with Crippen LogP contribution in [0.3, 0.4) is 0 Å². The number of benzene rings is 4. The number of nitrogens with zero attached hydrogens (tertiary/aromatic N) is 3. The zero-order chi connectivity index (χ0) is 37.8. The number of nitrogens with one attached hydrogen (secondary N) is 1. The van der Waals surface area contributed by atoms with E-state index in [1.807, 2.05) is 78.9 Å². The first-order valence-corrected chi connectivity index (χ1v) is 22.0. The zero-order valence-electron chi connectivity index (χ0n) is 31.3. The summed E-state index contributed by atoms with van der Waals surface area (Å²) >= 11 is 0. The number of rotatable bonds is 8. The highest BCUT2D eigenvalue weighted by molar-refractivity contribution is 6.91. The summed E-state index contributed by atoms with van der Waals surface area (Å²) in [6.07, 6.45) is 0.0294. The Balaban J connectivity index is 1.25. The molecule has 4 aliphatic rings. The fourth-order valence-corrected chi connectivity index (χ4v) is 13.7. The normalized spacial score (nSPS) is 25.2. The number of aliphatic hydroxyl groups excluding tert-OH is 1. The third kappa shape index (κ3) is 5.85. The molecule has 4 aromatic rings. The molecule has 2 N–H and O–H groups in total. The van der Waals surface area contributed by atoms with E-state index in [0.29, 0.717) is 37.3 Å². The van der Waals surface area contributed by atoms with Crippen LogP contribution in [0.15, 0.2) is 97.1 Å². The molecule has 4 aromatic carbocycles. The molecular formula is C43H48N4O6Si. The van der Waals surface area contributed by atoms with Gasteiger partial charge < -0.3 is 29.7 Å².